The minimum absolute atomic E-state index is 0.0895. The maximum Gasteiger partial charge on any atom is 0.309 e. The molecule has 0 radical (unpaired) electrons. The molecule has 0 unspecified atom stereocenters. The summed E-state index contributed by atoms with van der Waals surface area (Å²) >= 11 is 0. The van der Waals surface area contributed by atoms with Crippen LogP contribution in [0.1, 0.15) is 131 Å². The first-order valence-corrected chi connectivity index (χ1v) is 14.5. The average molecular weight is 496 g/mol. The molecule has 0 bridgehead atoms. The lowest BCUT2D eigenvalue weighted by Gasteiger charge is -2.08. The minimum atomic E-state index is -0.880. The second kappa shape index (κ2) is 17.2. The molecule has 0 saturated carbocycles. The van der Waals surface area contributed by atoms with E-state index in [0.717, 1.165) is 29.7 Å². The van der Waals surface area contributed by atoms with Crippen LogP contribution in [0.2, 0.25) is 0 Å². The Bertz CT molecular complexity index is 913. The van der Waals surface area contributed by atoms with Crippen LogP contribution in [0.3, 0.4) is 0 Å². The predicted molar refractivity (Wildman–Crippen MR) is 151 cm³/mol. The quantitative estimate of drug-likeness (QED) is 0.147. The van der Waals surface area contributed by atoms with Gasteiger partial charge in [-0.15, -0.1) is 0 Å². The number of aliphatic carboxylic acids is 1. The molecule has 0 aliphatic carbocycles. The molecule has 0 aliphatic heterocycles. The zero-order valence-electron chi connectivity index (χ0n) is 23.1. The van der Waals surface area contributed by atoms with Gasteiger partial charge in [0.1, 0.15) is 0 Å². The van der Waals surface area contributed by atoms with Crippen LogP contribution < -0.4 is 0 Å². The Morgan fingerprint density at radius 2 is 1.22 bits per heavy atom. The van der Waals surface area contributed by atoms with Crippen LogP contribution in [0.25, 0.3) is 11.1 Å². The molecular formula is C32H49NO3. The Morgan fingerprint density at radius 1 is 0.750 bits per heavy atom. The summed E-state index contributed by atoms with van der Waals surface area (Å²) in [5.74, 6) is -0.748. The van der Waals surface area contributed by atoms with Crippen molar-refractivity contribution in [2.45, 2.75) is 123 Å². The van der Waals surface area contributed by atoms with Crippen molar-refractivity contribution in [3.63, 3.8) is 0 Å². The number of ketones is 1. The summed E-state index contributed by atoms with van der Waals surface area (Å²) in [5, 5.41) is 9.46. The highest BCUT2D eigenvalue weighted by molar-refractivity contribution is 6.04. The molecule has 0 atom stereocenters. The van der Waals surface area contributed by atoms with Gasteiger partial charge in [-0.25, -0.2) is 0 Å². The van der Waals surface area contributed by atoms with E-state index in [1.54, 1.807) is 0 Å². The third kappa shape index (κ3) is 9.95. The van der Waals surface area contributed by atoms with E-state index < -0.39 is 5.97 Å². The van der Waals surface area contributed by atoms with E-state index in [-0.39, 0.29) is 12.2 Å². The molecule has 4 heteroatoms. The van der Waals surface area contributed by atoms with Crippen LogP contribution in [0, 0.1) is 6.92 Å². The van der Waals surface area contributed by atoms with Gasteiger partial charge in [-0.05, 0) is 18.9 Å². The highest BCUT2D eigenvalue weighted by Crippen LogP contribution is 2.34. The summed E-state index contributed by atoms with van der Waals surface area (Å²) in [6.07, 6.45) is 20.0. The topological polar surface area (TPSA) is 59.3 Å². The number of hydrogen-bond donors (Lipinski definition) is 1. The van der Waals surface area contributed by atoms with Crippen molar-refractivity contribution in [2.75, 3.05) is 0 Å². The summed E-state index contributed by atoms with van der Waals surface area (Å²) < 4.78 is 1.89. The van der Waals surface area contributed by atoms with Gasteiger partial charge in [0.2, 0.25) is 0 Å². The van der Waals surface area contributed by atoms with Gasteiger partial charge in [0.25, 0.3) is 0 Å². The molecular weight excluding hydrogens is 446 g/mol. The standard InChI is InChI=1S/C32H49NO3/c1-4-5-6-7-8-9-10-11-12-13-14-15-16-17-21-24-29(34)31-26(2)33(3)28(25-30(35)36)32(31)27-22-19-18-20-23-27/h18-20,22-23H,4-17,21,24-25H2,1-3H3,(H,35,36). The summed E-state index contributed by atoms with van der Waals surface area (Å²) in [4.78, 5) is 24.8. The van der Waals surface area contributed by atoms with Crippen molar-refractivity contribution in [1.82, 2.24) is 4.57 Å². The van der Waals surface area contributed by atoms with Crippen molar-refractivity contribution < 1.29 is 14.7 Å². The first-order valence-electron chi connectivity index (χ1n) is 14.5. The lowest BCUT2D eigenvalue weighted by Crippen LogP contribution is -2.07. The first-order chi connectivity index (χ1) is 17.5. The Balaban J connectivity index is 1.72. The Morgan fingerprint density at radius 3 is 1.69 bits per heavy atom. The highest BCUT2D eigenvalue weighted by Gasteiger charge is 2.25. The van der Waals surface area contributed by atoms with Gasteiger partial charge in [0.05, 0.1) is 6.42 Å². The monoisotopic (exact) mass is 495 g/mol. The van der Waals surface area contributed by atoms with Crippen LogP contribution >= 0.6 is 0 Å². The van der Waals surface area contributed by atoms with Crippen LogP contribution in [0.4, 0.5) is 0 Å². The van der Waals surface area contributed by atoms with Crippen molar-refractivity contribution in [3.8, 4) is 11.1 Å². The van der Waals surface area contributed by atoms with Gasteiger partial charge in [-0.2, -0.15) is 0 Å². The van der Waals surface area contributed by atoms with Gasteiger partial charge < -0.3 is 9.67 Å². The fourth-order valence-electron chi connectivity index (χ4n) is 5.25. The Labute approximate surface area is 219 Å². The zero-order valence-corrected chi connectivity index (χ0v) is 23.1. The largest absolute Gasteiger partial charge is 0.481 e. The van der Waals surface area contributed by atoms with E-state index >= 15 is 0 Å². The van der Waals surface area contributed by atoms with Crippen LogP contribution in [0.15, 0.2) is 30.3 Å². The molecule has 0 saturated heterocycles. The third-order valence-electron chi connectivity index (χ3n) is 7.48. The highest BCUT2D eigenvalue weighted by atomic mass is 16.4. The third-order valence-corrected chi connectivity index (χ3v) is 7.48. The molecule has 1 aromatic heterocycles. The second-order valence-corrected chi connectivity index (χ2v) is 10.4. The Kier molecular flexibility index (Phi) is 14.2. The number of Topliss-reactive ketones (excluding diaryl/α,β-unsaturated/α-hetero) is 1. The van der Waals surface area contributed by atoms with Crippen LogP contribution in [0.5, 0.6) is 0 Å². The normalized spacial score (nSPS) is 11.2. The van der Waals surface area contributed by atoms with Gasteiger partial charge in [0, 0.05) is 36.0 Å². The number of carbonyl (C=O) groups excluding carboxylic acids is 1. The first kappa shape index (κ1) is 29.9. The molecule has 200 valence electrons. The van der Waals surface area contributed by atoms with Crippen molar-refractivity contribution in [3.05, 3.63) is 47.3 Å². The Hall–Kier alpha value is -2.36. The SMILES string of the molecule is CCCCCCCCCCCCCCCCCC(=O)c1c(-c2ccccc2)c(CC(=O)O)n(C)c1C. The van der Waals surface area contributed by atoms with Crippen molar-refractivity contribution >= 4 is 11.8 Å². The molecule has 4 nitrogen and oxygen atoms in total. The summed E-state index contributed by atoms with van der Waals surface area (Å²) in [7, 11) is 1.87. The number of carboxylic acid groups (broad SMARTS) is 1. The number of aromatic nitrogens is 1. The minimum Gasteiger partial charge on any atom is -0.481 e. The van der Waals surface area contributed by atoms with Crippen molar-refractivity contribution in [2.24, 2.45) is 7.05 Å². The van der Waals surface area contributed by atoms with E-state index in [2.05, 4.69) is 6.92 Å². The fraction of sp³-hybridized carbons (Fsp3) is 0.625. The maximum absolute atomic E-state index is 13.3. The van der Waals surface area contributed by atoms with Crippen molar-refractivity contribution in [1.29, 1.82) is 0 Å². The average Bonchev–Trinajstić information content (AvgIpc) is 3.11. The van der Waals surface area contributed by atoms with E-state index in [0.29, 0.717) is 17.7 Å². The summed E-state index contributed by atoms with van der Waals surface area (Å²) in [6.45, 7) is 4.20. The van der Waals surface area contributed by atoms with Gasteiger partial charge in [0.15, 0.2) is 5.78 Å². The van der Waals surface area contributed by atoms with Crippen LogP contribution in [-0.4, -0.2) is 21.4 Å². The maximum atomic E-state index is 13.3. The molecule has 0 fully saturated rings. The molecule has 0 aliphatic rings. The molecule has 0 spiro atoms. The van der Waals surface area contributed by atoms with Gasteiger partial charge >= 0.3 is 5.97 Å². The smallest absolute Gasteiger partial charge is 0.309 e. The number of nitrogens with zero attached hydrogens (tertiary/aromatic N) is 1. The lowest BCUT2D eigenvalue weighted by molar-refractivity contribution is -0.136. The number of rotatable bonds is 20. The molecule has 1 aromatic carbocycles. The van der Waals surface area contributed by atoms with Gasteiger partial charge in [-0.1, -0.05) is 127 Å². The van der Waals surface area contributed by atoms with E-state index in [1.807, 2.05) is 48.9 Å². The number of carboxylic acids is 1. The summed E-state index contributed by atoms with van der Waals surface area (Å²) in [5.41, 5.74) is 3.97. The molecule has 36 heavy (non-hydrogen) atoms. The molecule has 1 heterocycles. The van der Waals surface area contributed by atoms with E-state index in [4.69, 9.17) is 0 Å². The molecule has 2 aromatic rings. The van der Waals surface area contributed by atoms with Gasteiger partial charge in [-0.3, -0.25) is 9.59 Å². The molecule has 0 amide bonds. The molecule has 1 N–H and O–H groups in total. The number of benzene rings is 1. The number of hydrogen-bond acceptors (Lipinski definition) is 2. The number of unbranched alkanes of at least 4 members (excludes halogenated alkanes) is 14. The lowest BCUT2D eigenvalue weighted by atomic mass is 9.94. The van der Waals surface area contributed by atoms with E-state index in [1.165, 1.54) is 83.5 Å². The number of carbonyl (C=O) groups is 2. The second-order valence-electron chi connectivity index (χ2n) is 10.4. The predicted octanol–water partition coefficient (Wildman–Crippen LogP) is 9.07. The summed E-state index contributed by atoms with van der Waals surface area (Å²) in [6, 6.07) is 9.73. The van der Waals surface area contributed by atoms with Crippen LogP contribution in [-0.2, 0) is 18.3 Å². The zero-order chi connectivity index (χ0) is 26.2. The molecule has 2 rings (SSSR count). The fourth-order valence-corrected chi connectivity index (χ4v) is 5.25. The van der Waals surface area contributed by atoms with E-state index in [9.17, 15) is 14.7 Å².